The molecular formula is C22H27F3N4O5. The Morgan fingerprint density at radius 1 is 1.29 bits per heavy atom. The van der Waals surface area contributed by atoms with Crippen LogP contribution in [-0.4, -0.2) is 74.7 Å². The van der Waals surface area contributed by atoms with E-state index in [0.717, 1.165) is 45.4 Å². The molecular weight excluding hydrogens is 457 g/mol. The lowest BCUT2D eigenvalue weighted by Crippen LogP contribution is -2.49. The minimum atomic E-state index is -5.08. The Bertz CT molecular complexity index is 959. The second-order valence-electron chi connectivity index (χ2n) is 8.20. The van der Waals surface area contributed by atoms with Gasteiger partial charge in [-0.2, -0.15) is 18.3 Å². The van der Waals surface area contributed by atoms with Crippen LogP contribution in [0, 0.1) is 5.92 Å². The van der Waals surface area contributed by atoms with Gasteiger partial charge in [0.2, 0.25) is 5.88 Å². The number of nitrogens with zero attached hydrogens (tertiary/aromatic N) is 4. The quantitative estimate of drug-likeness (QED) is 0.696. The Labute approximate surface area is 194 Å². The van der Waals surface area contributed by atoms with Crippen molar-refractivity contribution in [1.82, 2.24) is 19.7 Å². The predicted octanol–water partition coefficient (Wildman–Crippen LogP) is 2.93. The SMILES string of the molecule is Cn1cc(C(=O)N2CCC3(CC2)OCCC3CCOc2ccccn2)cn1.O=C(O)C(F)(F)F. The third-order valence-electron chi connectivity index (χ3n) is 6.05. The average Bonchev–Trinajstić information content (AvgIpc) is 3.41. The normalized spacial score (nSPS) is 19.4. The van der Waals surface area contributed by atoms with Crippen LogP contribution in [-0.2, 0) is 16.6 Å². The minimum Gasteiger partial charge on any atom is -0.478 e. The number of aliphatic carboxylic acids is 1. The number of carbonyl (C=O) groups is 2. The van der Waals surface area contributed by atoms with E-state index in [1.807, 2.05) is 30.1 Å². The molecule has 1 unspecified atom stereocenters. The van der Waals surface area contributed by atoms with Crippen LogP contribution >= 0.6 is 0 Å². The third kappa shape index (κ3) is 6.46. The third-order valence-corrected chi connectivity index (χ3v) is 6.05. The lowest BCUT2D eigenvalue weighted by Gasteiger charge is -2.42. The molecule has 1 atom stereocenters. The van der Waals surface area contributed by atoms with Gasteiger partial charge in [0.1, 0.15) is 0 Å². The first kappa shape index (κ1) is 25.5. The first-order valence-electron chi connectivity index (χ1n) is 10.9. The van der Waals surface area contributed by atoms with Crippen LogP contribution in [0.2, 0.25) is 0 Å². The molecule has 2 aliphatic rings. The molecule has 0 aliphatic carbocycles. The second-order valence-corrected chi connectivity index (χ2v) is 8.20. The van der Waals surface area contributed by atoms with E-state index in [1.54, 1.807) is 23.3 Å². The molecule has 34 heavy (non-hydrogen) atoms. The zero-order valence-corrected chi connectivity index (χ0v) is 18.7. The molecule has 4 rings (SSSR count). The monoisotopic (exact) mass is 484 g/mol. The van der Waals surface area contributed by atoms with Crippen LogP contribution in [0.1, 0.15) is 36.0 Å². The van der Waals surface area contributed by atoms with Crippen molar-refractivity contribution in [3.05, 3.63) is 42.4 Å². The Balaban J connectivity index is 0.000000406. The summed E-state index contributed by atoms with van der Waals surface area (Å²) in [7, 11) is 1.83. The van der Waals surface area contributed by atoms with E-state index in [9.17, 15) is 18.0 Å². The standard InChI is InChI=1S/C20H26N4O3.C2HF3O2/c1-23-15-16(14-22-23)19(25)24-10-7-20(8-11-24)17(6-13-27-20)5-12-26-18-4-2-3-9-21-18;3-2(4,5)1(6)7/h2-4,9,14-15,17H,5-8,10-13H2,1H3;(H,6,7). The van der Waals surface area contributed by atoms with Gasteiger partial charge in [0.15, 0.2) is 0 Å². The van der Waals surface area contributed by atoms with Crippen molar-refractivity contribution >= 4 is 11.9 Å². The van der Waals surface area contributed by atoms with Crippen LogP contribution in [0.3, 0.4) is 0 Å². The maximum atomic E-state index is 12.6. The maximum Gasteiger partial charge on any atom is 0.490 e. The molecule has 186 valence electrons. The van der Waals surface area contributed by atoms with Gasteiger partial charge >= 0.3 is 12.1 Å². The van der Waals surface area contributed by atoms with E-state index in [0.29, 0.717) is 24.0 Å². The van der Waals surface area contributed by atoms with Gasteiger partial charge in [-0.25, -0.2) is 9.78 Å². The number of likely N-dealkylation sites (tertiary alicyclic amines) is 1. The van der Waals surface area contributed by atoms with E-state index in [2.05, 4.69) is 10.1 Å². The summed E-state index contributed by atoms with van der Waals surface area (Å²) in [5.41, 5.74) is 0.542. The molecule has 0 bridgehead atoms. The van der Waals surface area contributed by atoms with Crippen LogP contribution in [0.25, 0.3) is 0 Å². The molecule has 9 nitrogen and oxygen atoms in total. The molecule has 4 heterocycles. The molecule has 0 saturated carbocycles. The highest BCUT2D eigenvalue weighted by molar-refractivity contribution is 5.93. The van der Waals surface area contributed by atoms with E-state index in [4.69, 9.17) is 19.4 Å². The molecule has 2 aromatic rings. The number of piperidine rings is 1. The highest BCUT2D eigenvalue weighted by Gasteiger charge is 2.46. The number of ether oxygens (including phenoxy) is 2. The van der Waals surface area contributed by atoms with E-state index in [-0.39, 0.29) is 11.5 Å². The molecule has 1 spiro atoms. The Hall–Kier alpha value is -3.15. The van der Waals surface area contributed by atoms with Gasteiger partial charge in [-0.3, -0.25) is 9.48 Å². The number of aromatic nitrogens is 3. The average molecular weight is 484 g/mol. The molecule has 2 aliphatic heterocycles. The Kier molecular flexibility index (Phi) is 8.13. The highest BCUT2D eigenvalue weighted by Crippen LogP contribution is 2.42. The smallest absolute Gasteiger partial charge is 0.478 e. The summed E-state index contributed by atoms with van der Waals surface area (Å²) in [6.45, 7) is 2.90. The van der Waals surface area contributed by atoms with Gasteiger partial charge in [0.05, 0.1) is 24.0 Å². The van der Waals surface area contributed by atoms with Crippen LogP contribution < -0.4 is 4.74 Å². The van der Waals surface area contributed by atoms with Gasteiger partial charge in [-0.1, -0.05) is 6.07 Å². The number of rotatable bonds is 5. The fourth-order valence-corrected chi connectivity index (χ4v) is 4.29. The van der Waals surface area contributed by atoms with Crippen LogP contribution in [0.5, 0.6) is 5.88 Å². The molecule has 2 fully saturated rings. The molecule has 12 heteroatoms. The number of carboxylic acids is 1. The summed E-state index contributed by atoms with van der Waals surface area (Å²) in [4.78, 5) is 27.7. The summed E-state index contributed by atoms with van der Waals surface area (Å²) in [5, 5.41) is 11.2. The second kappa shape index (κ2) is 10.9. The molecule has 0 radical (unpaired) electrons. The molecule has 2 aromatic heterocycles. The Morgan fingerprint density at radius 3 is 2.56 bits per heavy atom. The zero-order chi connectivity index (χ0) is 24.8. The summed E-state index contributed by atoms with van der Waals surface area (Å²) in [5.74, 6) is -1.56. The molecule has 1 N–H and O–H groups in total. The van der Waals surface area contributed by atoms with Crippen molar-refractivity contribution in [3.63, 3.8) is 0 Å². The number of carbonyl (C=O) groups excluding carboxylic acids is 1. The number of aryl methyl sites for hydroxylation is 1. The maximum absolute atomic E-state index is 12.6. The van der Waals surface area contributed by atoms with Gasteiger partial charge in [0, 0.05) is 45.2 Å². The topological polar surface area (TPSA) is 107 Å². The molecule has 0 aromatic carbocycles. The first-order valence-corrected chi connectivity index (χ1v) is 10.9. The Morgan fingerprint density at radius 2 is 2.00 bits per heavy atom. The zero-order valence-electron chi connectivity index (χ0n) is 18.7. The van der Waals surface area contributed by atoms with Crippen LogP contribution in [0.15, 0.2) is 36.8 Å². The fraction of sp³-hybridized carbons (Fsp3) is 0.545. The number of pyridine rings is 1. The fourth-order valence-electron chi connectivity index (χ4n) is 4.29. The first-order chi connectivity index (χ1) is 16.1. The van der Waals surface area contributed by atoms with Crippen molar-refractivity contribution in [3.8, 4) is 5.88 Å². The van der Waals surface area contributed by atoms with Crippen molar-refractivity contribution in [2.24, 2.45) is 13.0 Å². The number of amides is 1. The van der Waals surface area contributed by atoms with Gasteiger partial charge in [-0.05, 0) is 37.7 Å². The number of alkyl halides is 3. The largest absolute Gasteiger partial charge is 0.490 e. The number of halogens is 3. The van der Waals surface area contributed by atoms with Gasteiger partial charge in [0.25, 0.3) is 5.91 Å². The lowest BCUT2D eigenvalue weighted by molar-refractivity contribution is -0.192. The minimum absolute atomic E-state index is 0.0611. The van der Waals surface area contributed by atoms with Crippen molar-refractivity contribution in [2.45, 2.75) is 37.5 Å². The van der Waals surface area contributed by atoms with Crippen LogP contribution in [0.4, 0.5) is 13.2 Å². The van der Waals surface area contributed by atoms with Crippen molar-refractivity contribution in [1.29, 1.82) is 0 Å². The number of hydrogen-bond donors (Lipinski definition) is 1. The summed E-state index contributed by atoms with van der Waals surface area (Å²) >= 11 is 0. The number of hydrogen-bond acceptors (Lipinski definition) is 6. The number of carboxylic acid groups (broad SMARTS) is 1. The summed E-state index contributed by atoms with van der Waals surface area (Å²) < 4.78 is 45.4. The van der Waals surface area contributed by atoms with E-state index in [1.165, 1.54) is 0 Å². The summed E-state index contributed by atoms with van der Waals surface area (Å²) in [6.07, 6.45) is 3.84. The predicted molar refractivity (Wildman–Crippen MR) is 113 cm³/mol. The van der Waals surface area contributed by atoms with E-state index >= 15 is 0 Å². The lowest BCUT2D eigenvalue weighted by atomic mass is 9.78. The van der Waals surface area contributed by atoms with Crippen molar-refractivity contribution < 1.29 is 37.3 Å². The van der Waals surface area contributed by atoms with Gasteiger partial charge < -0.3 is 19.5 Å². The highest BCUT2D eigenvalue weighted by atomic mass is 19.4. The van der Waals surface area contributed by atoms with Crippen molar-refractivity contribution in [2.75, 3.05) is 26.3 Å². The van der Waals surface area contributed by atoms with E-state index < -0.39 is 12.1 Å². The summed E-state index contributed by atoms with van der Waals surface area (Å²) in [6, 6.07) is 5.69. The molecule has 1 amide bonds. The molecule has 2 saturated heterocycles. The van der Waals surface area contributed by atoms with Gasteiger partial charge in [-0.15, -0.1) is 0 Å².